The lowest BCUT2D eigenvalue weighted by Gasteiger charge is -2.22. The Bertz CT molecular complexity index is 869. The summed E-state index contributed by atoms with van der Waals surface area (Å²) in [5.41, 5.74) is 10.8. The molecule has 1 unspecified atom stereocenters. The summed E-state index contributed by atoms with van der Waals surface area (Å²) < 4.78 is 16.9. The van der Waals surface area contributed by atoms with Crippen LogP contribution in [0.4, 0.5) is 4.39 Å². The highest BCUT2D eigenvalue weighted by Crippen LogP contribution is 2.39. The first-order valence-electron chi connectivity index (χ1n) is 7.49. The Hall–Kier alpha value is -1.65. The van der Waals surface area contributed by atoms with Crippen molar-refractivity contribution in [3.63, 3.8) is 0 Å². The predicted octanol–water partition coefficient (Wildman–Crippen LogP) is 4.87. The molecule has 0 aliphatic heterocycles. The highest BCUT2D eigenvalue weighted by atomic mass is 79.9. The topological polar surface area (TPSA) is 30.9 Å². The van der Waals surface area contributed by atoms with Crippen molar-refractivity contribution < 1.29 is 4.39 Å². The van der Waals surface area contributed by atoms with Crippen molar-refractivity contribution in [2.45, 2.75) is 25.3 Å². The molecule has 0 fully saturated rings. The van der Waals surface area contributed by atoms with Gasteiger partial charge in [0.1, 0.15) is 5.82 Å². The smallest absolute Gasteiger partial charge is 0.125 e. The van der Waals surface area contributed by atoms with Crippen LogP contribution in [0.25, 0.3) is 16.6 Å². The fraction of sp³-hybridized carbons (Fsp3) is 0.222. The summed E-state index contributed by atoms with van der Waals surface area (Å²) in [7, 11) is 0. The number of aromatic nitrogens is 1. The second-order valence-electron chi connectivity index (χ2n) is 5.84. The Balaban J connectivity index is 2.11. The van der Waals surface area contributed by atoms with E-state index < -0.39 is 0 Å². The minimum atomic E-state index is -0.227. The number of hydrogen-bond donors (Lipinski definition) is 1. The molecular formula is C18H16BrFN2. The molecule has 22 heavy (non-hydrogen) atoms. The number of benzene rings is 2. The molecular weight excluding hydrogens is 343 g/mol. The summed E-state index contributed by atoms with van der Waals surface area (Å²) in [6.45, 7) is 0. The molecule has 1 aromatic heterocycles. The number of nitrogens with two attached hydrogens (primary N) is 1. The standard InChI is InChI=1S/C18H16BrFN2/c19-11-7-8-17-15(9-11)14-5-2-6-16(21)18(14)22(17)13-4-1-3-12(20)10-13/h1,3-4,7-10,16H,2,5-6,21H2. The minimum Gasteiger partial charge on any atom is -0.323 e. The van der Waals surface area contributed by atoms with Gasteiger partial charge in [-0.2, -0.15) is 0 Å². The van der Waals surface area contributed by atoms with E-state index in [-0.39, 0.29) is 11.9 Å². The van der Waals surface area contributed by atoms with Crippen LogP contribution in [-0.2, 0) is 6.42 Å². The van der Waals surface area contributed by atoms with Crippen molar-refractivity contribution in [2.75, 3.05) is 0 Å². The van der Waals surface area contributed by atoms with E-state index in [1.165, 1.54) is 17.0 Å². The highest BCUT2D eigenvalue weighted by molar-refractivity contribution is 9.10. The Morgan fingerprint density at radius 1 is 1.18 bits per heavy atom. The molecule has 2 N–H and O–H groups in total. The second kappa shape index (κ2) is 5.21. The van der Waals surface area contributed by atoms with E-state index in [0.717, 1.165) is 40.6 Å². The van der Waals surface area contributed by atoms with Crippen LogP contribution in [-0.4, -0.2) is 4.57 Å². The first-order valence-corrected chi connectivity index (χ1v) is 8.28. The molecule has 1 aliphatic carbocycles. The molecule has 3 aromatic rings. The zero-order valence-electron chi connectivity index (χ0n) is 12.0. The normalized spacial score (nSPS) is 17.7. The van der Waals surface area contributed by atoms with Crippen molar-refractivity contribution in [1.29, 1.82) is 0 Å². The maximum atomic E-state index is 13.7. The van der Waals surface area contributed by atoms with E-state index in [2.05, 4.69) is 32.6 Å². The number of nitrogens with zero attached hydrogens (tertiary/aromatic N) is 1. The van der Waals surface area contributed by atoms with Crippen molar-refractivity contribution in [3.05, 3.63) is 64.0 Å². The Morgan fingerprint density at radius 3 is 2.86 bits per heavy atom. The van der Waals surface area contributed by atoms with Crippen molar-refractivity contribution in [1.82, 2.24) is 4.57 Å². The maximum absolute atomic E-state index is 13.7. The number of halogens is 2. The number of rotatable bonds is 1. The maximum Gasteiger partial charge on any atom is 0.125 e. The van der Waals surface area contributed by atoms with Crippen molar-refractivity contribution in [3.8, 4) is 5.69 Å². The second-order valence-corrected chi connectivity index (χ2v) is 6.75. The van der Waals surface area contributed by atoms with E-state index in [9.17, 15) is 4.39 Å². The Labute approximate surface area is 136 Å². The van der Waals surface area contributed by atoms with Gasteiger partial charge in [-0.1, -0.05) is 22.0 Å². The quantitative estimate of drug-likeness (QED) is 0.660. The van der Waals surface area contributed by atoms with Gasteiger partial charge in [-0.15, -0.1) is 0 Å². The third-order valence-electron chi connectivity index (χ3n) is 4.43. The number of aryl methyl sites for hydroxylation is 1. The molecule has 0 saturated carbocycles. The summed E-state index contributed by atoms with van der Waals surface area (Å²) in [5.74, 6) is -0.227. The SMILES string of the molecule is NC1CCCc2c1n(-c1cccc(F)c1)c1ccc(Br)cc21. The van der Waals surface area contributed by atoms with Gasteiger partial charge in [0.25, 0.3) is 0 Å². The first kappa shape index (κ1) is 14.0. The number of hydrogen-bond acceptors (Lipinski definition) is 1. The molecule has 0 radical (unpaired) electrons. The summed E-state index contributed by atoms with van der Waals surface area (Å²) in [5, 5.41) is 1.21. The summed E-state index contributed by atoms with van der Waals surface area (Å²) >= 11 is 3.55. The van der Waals surface area contributed by atoms with Crippen LogP contribution in [0.5, 0.6) is 0 Å². The molecule has 1 atom stereocenters. The van der Waals surface area contributed by atoms with E-state index in [1.54, 1.807) is 12.1 Å². The minimum absolute atomic E-state index is 0.00167. The average Bonchev–Trinajstić information content (AvgIpc) is 2.82. The summed E-state index contributed by atoms with van der Waals surface area (Å²) in [6, 6.07) is 13.0. The largest absolute Gasteiger partial charge is 0.323 e. The highest BCUT2D eigenvalue weighted by Gasteiger charge is 2.26. The molecule has 112 valence electrons. The van der Waals surface area contributed by atoms with E-state index in [0.29, 0.717) is 0 Å². The van der Waals surface area contributed by atoms with Gasteiger partial charge in [0.15, 0.2) is 0 Å². The fourth-order valence-electron chi connectivity index (χ4n) is 3.53. The molecule has 0 bridgehead atoms. The number of fused-ring (bicyclic) bond motifs is 3. The molecule has 1 aliphatic rings. The first-order chi connectivity index (χ1) is 10.6. The van der Waals surface area contributed by atoms with Gasteiger partial charge in [-0.3, -0.25) is 0 Å². The van der Waals surface area contributed by atoms with E-state index in [4.69, 9.17) is 5.73 Å². The fourth-order valence-corrected chi connectivity index (χ4v) is 3.89. The van der Waals surface area contributed by atoms with Crippen molar-refractivity contribution >= 4 is 26.8 Å². The van der Waals surface area contributed by atoms with E-state index in [1.807, 2.05) is 12.1 Å². The van der Waals surface area contributed by atoms with Gasteiger partial charge < -0.3 is 10.3 Å². The molecule has 0 amide bonds. The van der Waals surface area contributed by atoms with Gasteiger partial charge in [0.05, 0.1) is 5.52 Å². The van der Waals surface area contributed by atoms with Crippen LogP contribution in [0, 0.1) is 5.82 Å². The van der Waals surface area contributed by atoms with Crippen LogP contribution >= 0.6 is 15.9 Å². The van der Waals surface area contributed by atoms with Crippen LogP contribution in [0.2, 0.25) is 0 Å². The Morgan fingerprint density at radius 2 is 2.05 bits per heavy atom. The molecule has 2 aromatic carbocycles. The average molecular weight is 359 g/mol. The third-order valence-corrected chi connectivity index (χ3v) is 4.93. The molecule has 4 heteroatoms. The lowest BCUT2D eigenvalue weighted by Crippen LogP contribution is -2.20. The van der Waals surface area contributed by atoms with Gasteiger partial charge in [-0.25, -0.2) is 4.39 Å². The lowest BCUT2D eigenvalue weighted by atomic mass is 9.92. The molecule has 2 nitrogen and oxygen atoms in total. The van der Waals surface area contributed by atoms with E-state index >= 15 is 0 Å². The lowest BCUT2D eigenvalue weighted by molar-refractivity contribution is 0.551. The monoisotopic (exact) mass is 358 g/mol. The summed E-state index contributed by atoms with van der Waals surface area (Å²) in [6.07, 6.45) is 3.10. The summed E-state index contributed by atoms with van der Waals surface area (Å²) in [4.78, 5) is 0. The van der Waals surface area contributed by atoms with Gasteiger partial charge in [-0.05, 0) is 61.2 Å². The molecule has 4 rings (SSSR count). The predicted molar refractivity (Wildman–Crippen MR) is 90.8 cm³/mol. The van der Waals surface area contributed by atoms with Gasteiger partial charge in [0.2, 0.25) is 0 Å². The van der Waals surface area contributed by atoms with Gasteiger partial charge >= 0.3 is 0 Å². The zero-order valence-corrected chi connectivity index (χ0v) is 13.6. The van der Waals surface area contributed by atoms with Gasteiger partial charge in [0, 0.05) is 27.3 Å². The molecule has 0 spiro atoms. The van der Waals surface area contributed by atoms with Crippen LogP contribution in [0.1, 0.15) is 30.1 Å². The van der Waals surface area contributed by atoms with Crippen LogP contribution in [0.15, 0.2) is 46.9 Å². The van der Waals surface area contributed by atoms with Crippen molar-refractivity contribution in [2.24, 2.45) is 5.73 Å². The third kappa shape index (κ3) is 2.09. The van der Waals surface area contributed by atoms with Crippen LogP contribution < -0.4 is 5.73 Å². The molecule has 0 saturated heterocycles. The molecule has 1 heterocycles. The van der Waals surface area contributed by atoms with Crippen LogP contribution in [0.3, 0.4) is 0 Å². The Kier molecular flexibility index (Phi) is 3.31. The zero-order chi connectivity index (χ0) is 15.3.